The summed E-state index contributed by atoms with van der Waals surface area (Å²) in [6.45, 7) is 0.835. The highest BCUT2D eigenvalue weighted by Crippen LogP contribution is 2.47. The molecule has 1 aromatic heterocycles. The fourth-order valence-electron chi connectivity index (χ4n) is 3.15. The predicted octanol–water partition coefficient (Wildman–Crippen LogP) is 4.02. The molecule has 1 aromatic carbocycles. The Kier molecular flexibility index (Phi) is 3.31. The molecule has 1 saturated heterocycles. The summed E-state index contributed by atoms with van der Waals surface area (Å²) in [7, 11) is 0. The van der Waals surface area contributed by atoms with Crippen molar-refractivity contribution in [3.8, 4) is 11.4 Å². The monoisotopic (exact) mass is 334 g/mol. The highest BCUT2D eigenvalue weighted by Gasteiger charge is 2.51. The number of hydrogen-bond acceptors (Lipinski definition) is 4. The van der Waals surface area contributed by atoms with Crippen LogP contribution >= 0.6 is 23.1 Å². The van der Waals surface area contributed by atoms with Crippen LogP contribution in [0, 0.1) is 0 Å². The lowest BCUT2D eigenvalue weighted by Crippen LogP contribution is -2.66. The molecule has 2 amide bonds. The lowest BCUT2D eigenvalue weighted by atomic mass is 9.68. The average molecular weight is 335 g/mol. The van der Waals surface area contributed by atoms with Gasteiger partial charge in [0.05, 0.1) is 5.02 Å². The summed E-state index contributed by atoms with van der Waals surface area (Å²) in [6.07, 6.45) is 4.60. The molecule has 2 heterocycles. The number of hydrogen-bond donors (Lipinski definition) is 1. The van der Waals surface area contributed by atoms with Gasteiger partial charge in [-0.05, 0) is 37.8 Å². The van der Waals surface area contributed by atoms with Crippen molar-refractivity contribution >= 4 is 34.3 Å². The smallest absolute Gasteiger partial charge is 0.319 e. The number of amides is 2. The van der Waals surface area contributed by atoms with E-state index in [4.69, 9.17) is 11.6 Å². The third-order valence-corrected chi connectivity index (χ3v) is 5.62. The lowest BCUT2D eigenvalue weighted by Gasteiger charge is -2.58. The van der Waals surface area contributed by atoms with E-state index in [1.54, 1.807) is 6.07 Å². The Bertz CT molecular complexity index is 722. The Hall–Kier alpha value is -1.66. The van der Waals surface area contributed by atoms with Crippen LogP contribution in [0.1, 0.15) is 25.7 Å². The predicted molar refractivity (Wildman–Crippen MR) is 87.3 cm³/mol. The van der Waals surface area contributed by atoms with E-state index in [0.717, 1.165) is 31.4 Å². The van der Waals surface area contributed by atoms with Crippen molar-refractivity contribution in [1.82, 2.24) is 14.3 Å². The molecular formula is C15H15ClN4OS. The number of halogens is 1. The van der Waals surface area contributed by atoms with Gasteiger partial charge in [-0.25, -0.2) is 4.79 Å². The van der Waals surface area contributed by atoms with E-state index in [-0.39, 0.29) is 11.6 Å². The zero-order valence-electron chi connectivity index (χ0n) is 11.9. The minimum atomic E-state index is -0.0622. The number of anilines is 1. The number of carbonyl (C=O) groups is 1. The second kappa shape index (κ2) is 5.21. The van der Waals surface area contributed by atoms with E-state index in [1.165, 1.54) is 18.0 Å². The van der Waals surface area contributed by atoms with Gasteiger partial charge in [0, 0.05) is 29.2 Å². The largest absolute Gasteiger partial charge is 0.324 e. The van der Waals surface area contributed by atoms with Gasteiger partial charge in [-0.1, -0.05) is 23.7 Å². The van der Waals surface area contributed by atoms with Crippen molar-refractivity contribution in [2.45, 2.75) is 31.2 Å². The number of carbonyl (C=O) groups excluding carboxylic acids is 1. The maximum atomic E-state index is 12.3. The first-order valence-electron chi connectivity index (χ1n) is 7.35. The molecule has 114 valence electrons. The highest BCUT2D eigenvalue weighted by atomic mass is 35.5. The maximum absolute atomic E-state index is 12.3. The molecule has 1 spiro atoms. The number of nitrogens with one attached hydrogen (secondary N) is 1. The molecule has 1 aliphatic heterocycles. The fraction of sp³-hybridized carbons (Fsp3) is 0.400. The number of benzene rings is 1. The Balaban J connectivity index is 1.48. The van der Waals surface area contributed by atoms with Gasteiger partial charge < -0.3 is 4.90 Å². The van der Waals surface area contributed by atoms with E-state index in [9.17, 15) is 4.79 Å². The van der Waals surface area contributed by atoms with E-state index in [0.29, 0.717) is 16.0 Å². The first-order valence-corrected chi connectivity index (χ1v) is 8.50. The molecule has 0 bridgehead atoms. The van der Waals surface area contributed by atoms with E-state index in [2.05, 4.69) is 14.7 Å². The SMILES string of the molecule is O=C(Nc1nc(-c2ccccc2Cl)ns1)N1CCC12CCC2. The maximum Gasteiger partial charge on any atom is 0.324 e. The van der Waals surface area contributed by atoms with Crippen LogP contribution in [0.15, 0.2) is 24.3 Å². The van der Waals surface area contributed by atoms with Crippen molar-refractivity contribution in [2.75, 3.05) is 11.9 Å². The second-order valence-electron chi connectivity index (χ2n) is 5.81. The van der Waals surface area contributed by atoms with Gasteiger partial charge in [0.2, 0.25) is 5.13 Å². The molecule has 0 radical (unpaired) electrons. The lowest BCUT2D eigenvalue weighted by molar-refractivity contribution is -0.0319. The first-order chi connectivity index (χ1) is 10.7. The van der Waals surface area contributed by atoms with Crippen LogP contribution in [0.2, 0.25) is 5.02 Å². The number of aromatic nitrogens is 2. The summed E-state index contributed by atoms with van der Waals surface area (Å²) in [5.74, 6) is 0.549. The zero-order chi connectivity index (χ0) is 15.2. The summed E-state index contributed by atoms with van der Waals surface area (Å²) in [6, 6.07) is 7.36. The summed E-state index contributed by atoms with van der Waals surface area (Å²) in [4.78, 5) is 18.7. The fourth-order valence-corrected chi connectivity index (χ4v) is 3.94. The number of urea groups is 1. The Morgan fingerprint density at radius 1 is 1.32 bits per heavy atom. The summed E-state index contributed by atoms with van der Waals surface area (Å²) in [5.41, 5.74) is 0.917. The van der Waals surface area contributed by atoms with Gasteiger partial charge in [0.25, 0.3) is 0 Å². The molecule has 1 N–H and O–H groups in total. The normalized spacial score (nSPS) is 18.7. The molecule has 1 aliphatic carbocycles. The third-order valence-electron chi connectivity index (χ3n) is 4.66. The quantitative estimate of drug-likeness (QED) is 0.902. The van der Waals surface area contributed by atoms with Crippen LogP contribution in [0.3, 0.4) is 0 Å². The Morgan fingerprint density at radius 2 is 2.14 bits per heavy atom. The minimum Gasteiger partial charge on any atom is -0.319 e. The van der Waals surface area contributed by atoms with Crippen molar-refractivity contribution < 1.29 is 4.79 Å². The van der Waals surface area contributed by atoms with Crippen LogP contribution in [0.5, 0.6) is 0 Å². The van der Waals surface area contributed by atoms with Crippen molar-refractivity contribution in [3.63, 3.8) is 0 Å². The summed E-state index contributed by atoms with van der Waals surface area (Å²) in [5, 5.41) is 3.99. The van der Waals surface area contributed by atoms with Crippen LogP contribution in [0.25, 0.3) is 11.4 Å². The van der Waals surface area contributed by atoms with Crippen LogP contribution < -0.4 is 5.32 Å². The van der Waals surface area contributed by atoms with E-state index >= 15 is 0 Å². The minimum absolute atomic E-state index is 0.0622. The van der Waals surface area contributed by atoms with Crippen molar-refractivity contribution in [2.24, 2.45) is 0 Å². The molecule has 1 saturated carbocycles. The van der Waals surface area contributed by atoms with E-state index in [1.807, 2.05) is 23.1 Å². The van der Waals surface area contributed by atoms with Crippen LogP contribution in [0.4, 0.5) is 9.93 Å². The highest BCUT2D eigenvalue weighted by molar-refractivity contribution is 7.10. The first kappa shape index (κ1) is 14.0. The van der Waals surface area contributed by atoms with Crippen molar-refractivity contribution in [3.05, 3.63) is 29.3 Å². The second-order valence-corrected chi connectivity index (χ2v) is 6.97. The van der Waals surface area contributed by atoms with Crippen molar-refractivity contribution in [1.29, 1.82) is 0 Å². The summed E-state index contributed by atoms with van der Waals surface area (Å²) >= 11 is 7.33. The molecule has 0 unspecified atom stereocenters. The Morgan fingerprint density at radius 3 is 2.77 bits per heavy atom. The van der Waals surface area contributed by atoms with Gasteiger partial charge in [0.1, 0.15) is 0 Å². The molecule has 2 aliphatic rings. The van der Waals surface area contributed by atoms with Crippen LogP contribution in [-0.2, 0) is 0 Å². The van der Waals surface area contributed by atoms with Crippen LogP contribution in [-0.4, -0.2) is 32.4 Å². The molecule has 22 heavy (non-hydrogen) atoms. The molecular weight excluding hydrogens is 320 g/mol. The van der Waals surface area contributed by atoms with Gasteiger partial charge in [-0.3, -0.25) is 5.32 Å². The molecule has 0 atom stereocenters. The average Bonchev–Trinajstić information content (AvgIpc) is 2.84. The van der Waals surface area contributed by atoms with Gasteiger partial charge in [-0.2, -0.15) is 9.36 Å². The third kappa shape index (κ3) is 2.18. The zero-order valence-corrected chi connectivity index (χ0v) is 13.5. The number of nitrogens with zero attached hydrogens (tertiary/aromatic N) is 3. The molecule has 4 rings (SSSR count). The van der Waals surface area contributed by atoms with Gasteiger partial charge >= 0.3 is 6.03 Å². The number of likely N-dealkylation sites (tertiary alicyclic amines) is 1. The van der Waals surface area contributed by atoms with Gasteiger partial charge in [-0.15, -0.1) is 0 Å². The number of rotatable bonds is 2. The Labute approximate surface area is 137 Å². The topological polar surface area (TPSA) is 58.1 Å². The molecule has 2 fully saturated rings. The van der Waals surface area contributed by atoms with E-state index < -0.39 is 0 Å². The summed E-state index contributed by atoms with van der Waals surface area (Å²) < 4.78 is 4.29. The molecule has 2 aromatic rings. The molecule has 5 nitrogen and oxygen atoms in total. The van der Waals surface area contributed by atoms with Gasteiger partial charge in [0.15, 0.2) is 5.82 Å². The molecule has 7 heteroatoms. The standard InChI is InChI=1S/C15H15ClN4OS/c16-11-5-2-1-4-10(11)12-17-13(22-19-12)18-14(21)20-9-8-15(20)6-3-7-15/h1-2,4-5H,3,6-9H2,(H,17,18,19,21).